The second kappa shape index (κ2) is 5.62. The zero-order chi connectivity index (χ0) is 15.0. The van der Waals surface area contributed by atoms with E-state index in [2.05, 4.69) is 51.7 Å². The van der Waals surface area contributed by atoms with E-state index in [1.165, 1.54) is 5.56 Å². The highest BCUT2D eigenvalue weighted by Crippen LogP contribution is 2.26. The van der Waals surface area contributed by atoms with Crippen LogP contribution < -0.4 is 5.73 Å². The van der Waals surface area contributed by atoms with Crippen LogP contribution in [0.15, 0.2) is 46.9 Å². The van der Waals surface area contributed by atoms with Crippen molar-refractivity contribution in [1.82, 2.24) is 9.55 Å². The summed E-state index contributed by atoms with van der Waals surface area (Å²) in [5, 5.41) is 0. The smallest absolute Gasteiger partial charge is 0.111 e. The van der Waals surface area contributed by atoms with E-state index in [0.717, 1.165) is 26.9 Å². The first kappa shape index (κ1) is 14.3. The monoisotopic (exact) mass is 343 g/mol. The molecule has 0 amide bonds. The zero-order valence-corrected chi connectivity index (χ0v) is 13.8. The van der Waals surface area contributed by atoms with Gasteiger partial charge in [-0.05, 0) is 36.2 Å². The zero-order valence-electron chi connectivity index (χ0n) is 12.2. The van der Waals surface area contributed by atoms with Gasteiger partial charge in [-0.15, -0.1) is 0 Å². The summed E-state index contributed by atoms with van der Waals surface area (Å²) in [6, 6.07) is 14.4. The number of para-hydroxylation sites is 2. The molecule has 0 aliphatic heterocycles. The van der Waals surface area contributed by atoms with Crippen LogP contribution in [0, 0.1) is 6.92 Å². The first-order chi connectivity index (χ1) is 10.1. The molecule has 0 bridgehead atoms. The van der Waals surface area contributed by atoms with E-state index in [9.17, 15) is 0 Å². The highest BCUT2D eigenvalue weighted by Gasteiger charge is 2.15. The van der Waals surface area contributed by atoms with Gasteiger partial charge in [-0.1, -0.05) is 40.2 Å². The summed E-state index contributed by atoms with van der Waals surface area (Å²) in [6.45, 7) is 2.07. The summed E-state index contributed by atoms with van der Waals surface area (Å²) in [7, 11) is 2.04. The molecule has 1 unspecified atom stereocenters. The standard InChI is InChI=1S/C17H18BrN3/c1-11-7-8-12(13(18)9-11)14(19)10-17-20-15-5-3-4-6-16(15)21(17)2/h3-9,14H,10,19H2,1-2H3. The molecule has 0 aliphatic carbocycles. The molecular formula is C17H18BrN3. The number of imidazole rings is 1. The lowest BCUT2D eigenvalue weighted by molar-refractivity contribution is 0.662. The Bertz CT molecular complexity index is 792. The Morgan fingerprint density at radius 2 is 2.00 bits per heavy atom. The van der Waals surface area contributed by atoms with Crippen LogP contribution in [0.1, 0.15) is 23.0 Å². The Labute approximate surface area is 132 Å². The lowest BCUT2D eigenvalue weighted by atomic mass is 10.0. The molecule has 4 heteroatoms. The average Bonchev–Trinajstić information content (AvgIpc) is 2.76. The number of hydrogen-bond acceptors (Lipinski definition) is 2. The van der Waals surface area contributed by atoms with Crippen molar-refractivity contribution in [2.24, 2.45) is 12.8 Å². The Morgan fingerprint density at radius 3 is 2.71 bits per heavy atom. The highest BCUT2D eigenvalue weighted by molar-refractivity contribution is 9.10. The van der Waals surface area contributed by atoms with Gasteiger partial charge in [-0.2, -0.15) is 0 Å². The van der Waals surface area contributed by atoms with E-state index in [4.69, 9.17) is 10.7 Å². The summed E-state index contributed by atoms with van der Waals surface area (Å²) in [6.07, 6.45) is 0.715. The largest absolute Gasteiger partial charge is 0.331 e. The van der Waals surface area contributed by atoms with Crippen LogP contribution in [0.4, 0.5) is 0 Å². The molecule has 3 nitrogen and oxygen atoms in total. The van der Waals surface area contributed by atoms with Crippen molar-refractivity contribution >= 4 is 27.0 Å². The fraction of sp³-hybridized carbons (Fsp3) is 0.235. The summed E-state index contributed by atoms with van der Waals surface area (Å²) >= 11 is 3.61. The molecule has 2 N–H and O–H groups in total. The molecule has 0 radical (unpaired) electrons. The quantitative estimate of drug-likeness (QED) is 0.783. The van der Waals surface area contributed by atoms with E-state index in [0.29, 0.717) is 6.42 Å². The molecule has 108 valence electrons. The fourth-order valence-corrected chi connectivity index (χ4v) is 3.40. The van der Waals surface area contributed by atoms with Crippen LogP contribution in [-0.4, -0.2) is 9.55 Å². The van der Waals surface area contributed by atoms with E-state index >= 15 is 0 Å². The fourth-order valence-electron chi connectivity index (χ4n) is 2.62. The molecule has 1 heterocycles. The predicted molar refractivity (Wildman–Crippen MR) is 90.2 cm³/mol. The minimum atomic E-state index is -0.0736. The van der Waals surface area contributed by atoms with Crippen molar-refractivity contribution in [1.29, 1.82) is 0 Å². The maximum atomic E-state index is 6.39. The Kier molecular flexibility index (Phi) is 3.83. The predicted octanol–water partition coefficient (Wildman–Crippen LogP) is 3.89. The summed E-state index contributed by atoms with van der Waals surface area (Å²) in [4.78, 5) is 4.69. The number of nitrogens with zero attached hydrogens (tertiary/aromatic N) is 2. The van der Waals surface area contributed by atoms with Gasteiger partial charge in [0.2, 0.25) is 0 Å². The minimum absolute atomic E-state index is 0.0736. The summed E-state index contributed by atoms with van der Waals surface area (Å²) in [5.74, 6) is 1.01. The van der Waals surface area contributed by atoms with Gasteiger partial charge in [0.1, 0.15) is 5.82 Å². The third-order valence-corrected chi connectivity index (χ3v) is 4.52. The van der Waals surface area contributed by atoms with Crippen LogP contribution >= 0.6 is 15.9 Å². The molecule has 2 aromatic carbocycles. The van der Waals surface area contributed by atoms with Gasteiger partial charge in [0.15, 0.2) is 0 Å². The van der Waals surface area contributed by atoms with E-state index < -0.39 is 0 Å². The minimum Gasteiger partial charge on any atom is -0.331 e. The Hall–Kier alpha value is -1.65. The van der Waals surface area contributed by atoms with Crippen LogP contribution in [0.5, 0.6) is 0 Å². The number of rotatable bonds is 3. The molecule has 0 saturated heterocycles. The van der Waals surface area contributed by atoms with E-state index in [-0.39, 0.29) is 6.04 Å². The van der Waals surface area contributed by atoms with Crippen molar-refractivity contribution < 1.29 is 0 Å². The Morgan fingerprint density at radius 1 is 1.24 bits per heavy atom. The van der Waals surface area contributed by atoms with Gasteiger partial charge in [0.25, 0.3) is 0 Å². The Balaban J connectivity index is 1.92. The van der Waals surface area contributed by atoms with Crippen molar-refractivity contribution in [2.75, 3.05) is 0 Å². The number of nitrogens with two attached hydrogens (primary N) is 1. The van der Waals surface area contributed by atoms with Gasteiger partial charge in [-0.25, -0.2) is 4.98 Å². The molecular weight excluding hydrogens is 326 g/mol. The number of aromatic nitrogens is 2. The first-order valence-corrected chi connectivity index (χ1v) is 7.77. The van der Waals surface area contributed by atoms with E-state index in [1.807, 2.05) is 25.2 Å². The second-order valence-electron chi connectivity index (χ2n) is 5.41. The molecule has 1 atom stereocenters. The van der Waals surface area contributed by atoms with Crippen molar-refractivity contribution in [3.8, 4) is 0 Å². The van der Waals surface area contributed by atoms with Crippen LogP contribution in [0.3, 0.4) is 0 Å². The van der Waals surface area contributed by atoms with Crippen LogP contribution in [0.2, 0.25) is 0 Å². The summed E-state index contributed by atoms with van der Waals surface area (Å²) < 4.78 is 3.19. The third-order valence-electron chi connectivity index (χ3n) is 3.84. The normalized spacial score (nSPS) is 12.8. The first-order valence-electron chi connectivity index (χ1n) is 6.98. The van der Waals surface area contributed by atoms with Crippen molar-refractivity contribution in [3.63, 3.8) is 0 Å². The van der Waals surface area contributed by atoms with Crippen LogP contribution in [-0.2, 0) is 13.5 Å². The third kappa shape index (κ3) is 2.74. The lowest BCUT2D eigenvalue weighted by Gasteiger charge is -2.14. The van der Waals surface area contributed by atoms with Crippen LogP contribution in [0.25, 0.3) is 11.0 Å². The second-order valence-corrected chi connectivity index (χ2v) is 6.27. The molecule has 0 saturated carbocycles. The molecule has 3 rings (SSSR count). The maximum Gasteiger partial charge on any atom is 0.111 e. The summed E-state index contributed by atoms with van der Waals surface area (Å²) in [5.41, 5.74) is 10.9. The SMILES string of the molecule is Cc1ccc(C(N)Cc2nc3ccccc3n2C)c(Br)c1. The molecule has 1 aromatic heterocycles. The number of hydrogen-bond donors (Lipinski definition) is 1. The number of fused-ring (bicyclic) bond motifs is 1. The lowest BCUT2D eigenvalue weighted by Crippen LogP contribution is -2.16. The van der Waals surface area contributed by atoms with Gasteiger partial charge in [0.05, 0.1) is 11.0 Å². The topological polar surface area (TPSA) is 43.8 Å². The van der Waals surface area contributed by atoms with Gasteiger partial charge in [-0.3, -0.25) is 0 Å². The maximum absolute atomic E-state index is 6.39. The number of benzene rings is 2. The molecule has 21 heavy (non-hydrogen) atoms. The molecule has 0 aliphatic rings. The van der Waals surface area contributed by atoms with Crippen molar-refractivity contribution in [3.05, 3.63) is 63.9 Å². The van der Waals surface area contributed by atoms with E-state index in [1.54, 1.807) is 0 Å². The van der Waals surface area contributed by atoms with Gasteiger partial charge < -0.3 is 10.3 Å². The van der Waals surface area contributed by atoms with Crippen molar-refractivity contribution in [2.45, 2.75) is 19.4 Å². The number of halogens is 1. The van der Waals surface area contributed by atoms with Gasteiger partial charge >= 0.3 is 0 Å². The average molecular weight is 344 g/mol. The molecule has 0 fully saturated rings. The number of aryl methyl sites for hydroxylation is 2. The molecule has 0 spiro atoms. The van der Waals surface area contributed by atoms with Gasteiger partial charge in [0, 0.05) is 24.0 Å². The highest BCUT2D eigenvalue weighted by atomic mass is 79.9. The molecule has 3 aromatic rings.